The maximum atomic E-state index is 12.1. The lowest BCUT2D eigenvalue weighted by molar-refractivity contribution is -0.123. The van der Waals surface area contributed by atoms with Gasteiger partial charge in [-0.2, -0.15) is 0 Å². The van der Waals surface area contributed by atoms with E-state index in [1.165, 1.54) is 18.4 Å². The van der Waals surface area contributed by atoms with Gasteiger partial charge in [0, 0.05) is 16.9 Å². The first-order valence-corrected chi connectivity index (χ1v) is 7.40. The van der Waals surface area contributed by atoms with Crippen LogP contribution in [0.25, 0.3) is 0 Å². The molecule has 0 N–H and O–H groups in total. The van der Waals surface area contributed by atoms with Crippen molar-refractivity contribution >= 4 is 21.7 Å². The van der Waals surface area contributed by atoms with Gasteiger partial charge in [0.15, 0.2) is 0 Å². The summed E-state index contributed by atoms with van der Waals surface area (Å²) in [7, 11) is 2.02. The van der Waals surface area contributed by atoms with Gasteiger partial charge in [-0.15, -0.1) is 0 Å². The molecular weight excluding hydrogens is 290 g/mol. The van der Waals surface area contributed by atoms with Crippen LogP contribution < -0.4 is 0 Å². The molecule has 1 aromatic carbocycles. The molecule has 18 heavy (non-hydrogen) atoms. The zero-order chi connectivity index (χ0) is 13.0. The number of likely N-dealkylation sites (N-methyl/N-ethyl adjacent to an activating group) is 1. The predicted molar refractivity (Wildman–Crippen MR) is 77.4 cm³/mol. The smallest absolute Gasteiger partial charge is 0.149 e. The second kappa shape index (κ2) is 6.48. The van der Waals surface area contributed by atoms with E-state index in [1.807, 2.05) is 19.2 Å². The number of Topliss-reactive ketones (excluding diaryl/α,β-unsaturated/α-hetero) is 1. The Morgan fingerprint density at radius 3 is 2.50 bits per heavy atom. The number of nitrogens with zero attached hydrogens (tertiary/aromatic N) is 1. The molecule has 1 saturated carbocycles. The zero-order valence-corrected chi connectivity index (χ0v) is 12.4. The summed E-state index contributed by atoms with van der Waals surface area (Å²) in [5, 5.41) is 0. The zero-order valence-electron chi connectivity index (χ0n) is 10.9. The lowest BCUT2D eigenvalue weighted by atomic mass is 10.0. The van der Waals surface area contributed by atoms with Gasteiger partial charge in [-0.1, -0.05) is 40.9 Å². The molecule has 1 aliphatic carbocycles. The lowest BCUT2D eigenvalue weighted by Gasteiger charge is -2.18. The number of carbonyl (C=O) groups is 1. The topological polar surface area (TPSA) is 20.3 Å². The molecule has 0 saturated heterocycles. The van der Waals surface area contributed by atoms with Crippen molar-refractivity contribution in [1.82, 2.24) is 4.90 Å². The number of hydrogen-bond donors (Lipinski definition) is 0. The predicted octanol–water partition coefficient (Wildman–Crippen LogP) is 3.64. The van der Waals surface area contributed by atoms with E-state index in [1.54, 1.807) is 0 Å². The third-order valence-corrected chi connectivity index (χ3v) is 4.13. The van der Waals surface area contributed by atoms with Crippen molar-refractivity contribution in [3.05, 3.63) is 34.3 Å². The number of ketones is 1. The summed E-state index contributed by atoms with van der Waals surface area (Å²) < 4.78 is 1.09. The van der Waals surface area contributed by atoms with Gasteiger partial charge in [0.25, 0.3) is 0 Å². The first-order valence-electron chi connectivity index (χ1n) is 6.61. The van der Waals surface area contributed by atoms with Gasteiger partial charge < -0.3 is 0 Å². The SMILES string of the molecule is CN(CC(=O)C1CCCC1)Cc1ccc(Br)cc1. The molecule has 0 aromatic heterocycles. The van der Waals surface area contributed by atoms with E-state index in [-0.39, 0.29) is 0 Å². The first-order chi connectivity index (χ1) is 8.65. The molecule has 1 fully saturated rings. The van der Waals surface area contributed by atoms with E-state index in [0.717, 1.165) is 23.9 Å². The molecule has 1 aromatic rings. The Kier molecular flexibility index (Phi) is 4.95. The summed E-state index contributed by atoms with van der Waals surface area (Å²) >= 11 is 3.43. The van der Waals surface area contributed by atoms with E-state index >= 15 is 0 Å². The van der Waals surface area contributed by atoms with E-state index in [4.69, 9.17) is 0 Å². The molecule has 98 valence electrons. The Morgan fingerprint density at radius 2 is 1.89 bits per heavy atom. The fourth-order valence-corrected chi connectivity index (χ4v) is 2.86. The van der Waals surface area contributed by atoms with Gasteiger partial charge in [0.2, 0.25) is 0 Å². The van der Waals surface area contributed by atoms with E-state index in [0.29, 0.717) is 18.2 Å². The van der Waals surface area contributed by atoms with Crippen molar-refractivity contribution in [2.45, 2.75) is 32.2 Å². The third kappa shape index (κ3) is 3.92. The van der Waals surface area contributed by atoms with Crippen LogP contribution in [0.4, 0.5) is 0 Å². The van der Waals surface area contributed by atoms with Crippen LogP contribution in [0.5, 0.6) is 0 Å². The molecule has 0 unspecified atom stereocenters. The molecular formula is C15H20BrNO. The average molecular weight is 310 g/mol. The van der Waals surface area contributed by atoms with E-state index in [9.17, 15) is 4.79 Å². The normalized spacial score (nSPS) is 16.4. The van der Waals surface area contributed by atoms with Crippen molar-refractivity contribution in [1.29, 1.82) is 0 Å². The Hall–Kier alpha value is -0.670. The molecule has 1 aliphatic rings. The molecule has 0 atom stereocenters. The highest BCUT2D eigenvalue weighted by atomic mass is 79.9. The van der Waals surface area contributed by atoms with Crippen molar-refractivity contribution in [3.8, 4) is 0 Å². The Balaban J connectivity index is 1.82. The minimum atomic E-state index is 0.331. The summed E-state index contributed by atoms with van der Waals surface area (Å²) in [5.74, 6) is 0.754. The largest absolute Gasteiger partial charge is 0.298 e. The van der Waals surface area contributed by atoms with Gasteiger partial charge >= 0.3 is 0 Å². The van der Waals surface area contributed by atoms with Crippen LogP contribution in [0, 0.1) is 5.92 Å². The summed E-state index contributed by atoms with van der Waals surface area (Å²) in [4.78, 5) is 14.2. The first kappa shape index (κ1) is 13.8. The highest BCUT2D eigenvalue weighted by Crippen LogP contribution is 2.25. The molecule has 3 heteroatoms. The second-order valence-corrected chi connectivity index (χ2v) is 6.16. The third-order valence-electron chi connectivity index (χ3n) is 3.60. The molecule has 0 spiro atoms. The minimum absolute atomic E-state index is 0.331. The van der Waals surface area contributed by atoms with Crippen molar-refractivity contribution < 1.29 is 4.79 Å². The Bertz CT molecular complexity index is 395. The fourth-order valence-electron chi connectivity index (χ4n) is 2.60. The standard InChI is InChI=1S/C15H20BrNO/c1-17(10-12-6-8-14(16)9-7-12)11-15(18)13-4-2-3-5-13/h6-9,13H,2-5,10-11H2,1H3. The molecule has 2 rings (SSSR count). The van der Waals surface area contributed by atoms with Gasteiger partial charge in [0.05, 0.1) is 6.54 Å². The second-order valence-electron chi connectivity index (χ2n) is 5.25. The van der Waals surface area contributed by atoms with Crippen LogP contribution in [0.2, 0.25) is 0 Å². The summed E-state index contributed by atoms with van der Waals surface area (Å²) in [6, 6.07) is 8.28. The van der Waals surface area contributed by atoms with E-state index < -0.39 is 0 Å². The molecule has 0 amide bonds. The summed E-state index contributed by atoms with van der Waals surface area (Å²) in [6.07, 6.45) is 4.66. The summed E-state index contributed by atoms with van der Waals surface area (Å²) in [6.45, 7) is 1.42. The van der Waals surface area contributed by atoms with E-state index in [2.05, 4.69) is 33.0 Å². The molecule has 2 nitrogen and oxygen atoms in total. The summed E-state index contributed by atoms with van der Waals surface area (Å²) in [5.41, 5.74) is 1.25. The van der Waals surface area contributed by atoms with Gasteiger partial charge in [0.1, 0.15) is 5.78 Å². The van der Waals surface area contributed by atoms with Crippen LogP contribution >= 0.6 is 15.9 Å². The number of hydrogen-bond acceptors (Lipinski definition) is 2. The highest BCUT2D eigenvalue weighted by Gasteiger charge is 2.23. The van der Waals surface area contributed by atoms with Crippen molar-refractivity contribution in [2.75, 3.05) is 13.6 Å². The number of rotatable bonds is 5. The van der Waals surface area contributed by atoms with Crippen molar-refractivity contribution in [2.24, 2.45) is 5.92 Å². The Labute approximate surface area is 117 Å². The lowest BCUT2D eigenvalue weighted by Crippen LogP contribution is -2.29. The maximum absolute atomic E-state index is 12.1. The molecule has 0 aliphatic heterocycles. The molecule has 0 radical (unpaired) electrons. The van der Waals surface area contributed by atoms with Crippen LogP contribution in [0.15, 0.2) is 28.7 Å². The van der Waals surface area contributed by atoms with Gasteiger partial charge in [-0.05, 0) is 37.6 Å². The van der Waals surface area contributed by atoms with Crippen LogP contribution in [-0.2, 0) is 11.3 Å². The van der Waals surface area contributed by atoms with Crippen LogP contribution in [-0.4, -0.2) is 24.3 Å². The number of benzene rings is 1. The van der Waals surface area contributed by atoms with Crippen LogP contribution in [0.1, 0.15) is 31.2 Å². The molecule has 0 heterocycles. The Morgan fingerprint density at radius 1 is 1.28 bits per heavy atom. The number of carbonyl (C=O) groups excluding carboxylic acids is 1. The average Bonchev–Trinajstić information content (AvgIpc) is 2.85. The number of halogens is 1. The quantitative estimate of drug-likeness (QED) is 0.827. The monoisotopic (exact) mass is 309 g/mol. The minimum Gasteiger partial charge on any atom is -0.298 e. The highest BCUT2D eigenvalue weighted by molar-refractivity contribution is 9.10. The van der Waals surface area contributed by atoms with Gasteiger partial charge in [-0.25, -0.2) is 0 Å². The fraction of sp³-hybridized carbons (Fsp3) is 0.533. The van der Waals surface area contributed by atoms with Crippen molar-refractivity contribution in [3.63, 3.8) is 0 Å². The van der Waals surface area contributed by atoms with Gasteiger partial charge in [-0.3, -0.25) is 9.69 Å². The maximum Gasteiger partial charge on any atom is 0.149 e. The molecule has 0 bridgehead atoms. The van der Waals surface area contributed by atoms with Crippen LogP contribution in [0.3, 0.4) is 0 Å².